The van der Waals surface area contributed by atoms with Gasteiger partial charge in [-0.1, -0.05) is 43.3 Å². The van der Waals surface area contributed by atoms with E-state index < -0.39 is 0 Å². The predicted octanol–water partition coefficient (Wildman–Crippen LogP) is 5.26. The third kappa shape index (κ3) is 4.54. The third-order valence-electron chi connectivity index (χ3n) is 5.24. The van der Waals surface area contributed by atoms with E-state index in [-0.39, 0.29) is 11.8 Å². The molecule has 0 atom stereocenters. The standard InChI is InChI=1S/C25H24N2O3S/c1-3-21-20(19-7-4-5-8-22(19)30-21)16-27(2)25(29)18-12-10-17(11-13-18)15-26-24(28)23-9-6-14-31-23/h4-14H,3,15-16H2,1-2H3,(H,26,28). The third-order valence-corrected chi connectivity index (χ3v) is 6.11. The summed E-state index contributed by atoms with van der Waals surface area (Å²) in [6.07, 6.45) is 0.776. The van der Waals surface area contributed by atoms with Gasteiger partial charge >= 0.3 is 0 Å². The summed E-state index contributed by atoms with van der Waals surface area (Å²) in [5, 5.41) is 5.83. The second-order valence-electron chi connectivity index (χ2n) is 7.37. The maximum atomic E-state index is 13.0. The molecule has 5 nitrogen and oxygen atoms in total. The van der Waals surface area contributed by atoms with Crippen LogP contribution in [0.1, 0.15) is 43.8 Å². The Morgan fingerprint density at radius 3 is 2.52 bits per heavy atom. The fourth-order valence-corrected chi connectivity index (χ4v) is 4.22. The van der Waals surface area contributed by atoms with Crippen molar-refractivity contribution in [2.45, 2.75) is 26.4 Å². The van der Waals surface area contributed by atoms with Crippen LogP contribution < -0.4 is 5.32 Å². The maximum absolute atomic E-state index is 13.0. The molecule has 0 bridgehead atoms. The molecule has 4 aromatic rings. The van der Waals surface area contributed by atoms with E-state index in [1.165, 1.54) is 11.3 Å². The van der Waals surface area contributed by atoms with Crippen LogP contribution in [0.2, 0.25) is 0 Å². The topological polar surface area (TPSA) is 62.6 Å². The molecular weight excluding hydrogens is 408 g/mol. The van der Waals surface area contributed by atoms with Crippen LogP contribution in [-0.4, -0.2) is 23.8 Å². The number of hydrogen-bond donors (Lipinski definition) is 1. The number of aryl methyl sites for hydroxylation is 1. The van der Waals surface area contributed by atoms with Crippen LogP contribution in [0, 0.1) is 0 Å². The predicted molar refractivity (Wildman–Crippen MR) is 123 cm³/mol. The fraction of sp³-hybridized carbons (Fsp3) is 0.200. The van der Waals surface area contributed by atoms with Gasteiger partial charge in [-0.2, -0.15) is 0 Å². The summed E-state index contributed by atoms with van der Waals surface area (Å²) in [4.78, 5) is 27.4. The van der Waals surface area contributed by atoms with Crippen molar-refractivity contribution in [2.75, 3.05) is 7.05 Å². The Kier molecular flexibility index (Phi) is 6.18. The van der Waals surface area contributed by atoms with Crippen LogP contribution in [0.25, 0.3) is 11.0 Å². The second-order valence-corrected chi connectivity index (χ2v) is 8.32. The molecule has 2 aromatic heterocycles. The van der Waals surface area contributed by atoms with Gasteiger partial charge in [-0.05, 0) is 35.2 Å². The Morgan fingerprint density at radius 1 is 1.03 bits per heavy atom. The molecule has 2 heterocycles. The van der Waals surface area contributed by atoms with Crippen LogP contribution in [0.3, 0.4) is 0 Å². The quantitative estimate of drug-likeness (QED) is 0.433. The first-order chi connectivity index (χ1) is 15.1. The summed E-state index contributed by atoms with van der Waals surface area (Å²) >= 11 is 1.41. The van der Waals surface area contributed by atoms with Gasteiger partial charge in [0.2, 0.25) is 0 Å². The Balaban J connectivity index is 1.42. The fourth-order valence-electron chi connectivity index (χ4n) is 3.58. The minimum atomic E-state index is -0.0889. The van der Waals surface area contributed by atoms with Crippen molar-refractivity contribution in [3.63, 3.8) is 0 Å². The Labute approximate surface area is 185 Å². The van der Waals surface area contributed by atoms with E-state index in [1.54, 1.807) is 30.1 Å². The first-order valence-corrected chi connectivity index (χ1v) is 11.1. The lowest BCUT2D eigenvalue weighted by Gasteiger charge is -2.18. The highest BCUT2D eigenvalue weighted by atomic mass is 32.1. The van der Waals surface area contributed by atoms with E-state index in [1.807, 2.05) is 47.8 Å². The number of furan rings is 1. The van der Waals surface area contributed by atoms with E-state index in [2.05, 4.69) is 12.2 Å². The van der Waals surface area contributed by atoms with Gasteiger partial charge in [0.1, 0.15) is 11.3 Å². The molecule has 0 aliphatic rings. The molecule has 158 valence electrons. The van der Waals surface area contributed by atoms with Crippen LogP contribution >= 0.6 is 11.3 Å². The molecule has 6 heteroatoms. The van der Waals surface area contributed by atoms with Crippen molar-refractivity contribution in [1.29, 1.82) is 0 Å². The summed E-state index contributed by atoms with van der Waals surface area (Å²) in [5.74, 6) is 0.771. The molecule has 0 saturated carbocycles. The molecule has 0 spiro atoms. The van der Waals surface area contributed by atoms with Gasteiger partial charge in [-0.15, -0.1) is 11.3 Å². The second kappa shape index (κ2) is 9.18. The van der Waals surface area contributed by atoms with E-state index >= 15 is 0 Å². The molecule has 31 heavy (non-hydrogen) atoms. The van der Waals surface area contributed by atoms with Crippen LogP contribution in [0.5, 0.6) is 0 Å². The van der Waals surface area contributed by atoms with Crippen molar-refractivity contribution >= 4 is 34.1 Å². The highest BCUT2D eigenvalue weighted by Gasteiger charge is 2.18. The lowest BCUT2D eigenvalue weighted by molar-refractivity contribution is 0.0784. The Bertz CT molecular complexity index is 1190. The number of hydrogen-bond acceptors (Lipinski definition) is 4. The molecular formula is C25H24N2O3S. The first kappa shape index (κ1) is 20.9. The van der Waals surface area contributed by atoms with Crippen LogP contribution in [0.4, 0.5) is 0 Å². The SMILES string of the molecule is CCc1oc2ccccc2c1CN(C)C(=O)c1ccc(CNC(=O)c2cccs2)cc1. The van der Waals surface area contributed by atoms with Gasteiger partial charge in [0, 0.05) is 43.1 Å². The van der Waals surface area contributed by atoms with Crippen LogP contribution in [-0.2, 0) is 19.5 Å². The molecule has 0 aliphatic carbocycles. The summed E-state index contributed by atoms with van der Waals surface area (Å²) < 4.78 is 5.95. The number of amides is 2. The minimum absolute atomic E-state index is 0.0542. The van der Waals surface area contributed by atoms with Crippen LogP contribution in [0.15, 0.2) is 70.5 Å². The zero-order chi connectivity index (χ0) is 21.8. The normalized spacial score (nSPS) is 10.9. The molecule has 0 radical (unpaired) electrons. The molecule has 2 aromatic carbocycles. The number of para-hydroxylation sites is 1. The summed E-state index contributed by atoms with van der Waals surface area (Å²) in [5.41, 5.74) is 3.46. The van der Waals surface area contributed by atoms with Gasteiger partial charge in [-0.3, -0.25) is 9.59 Å². The molecule has 1 N–H and O–H groups in total. The number of fused-ring (bicyclic) bond motifs is 1. The Hall–Kier alpha value is -3.38. The van der Waals surface area contributed by atoms with Gasteiger partial charge in [0.15, 0.2) is 0 Å². The first-order valence-electron chi connectivity index (χ1n) is 10.2. The molecule has 0 aliphatic heterocycles. The van der Waals surface area contributed by atoms with E-state index in [4.69, 9.17) is 4.42 Å². The van der Waals surface area contributed by atoms with Crippen molar-refractivity contribution < 1.29 is 14.0 Å². The number of nitrogens with zero attached hydrogens (tertiary/aromatic N) is 1. The van der Waals surface area contributed by atoms with E-state index in [9.17, 15) is 9.59 Å². The van der Waals surface area contributed by atoms with Crippen molar-refractivity contribution in [3.8, 4) is 0 Å². The van der Waals surface area contributed by atoms with Crippen molar-refractivity contribution in [2.24, 2.45) is 0 Å². The Morgan fingerprint density at radius 2 is 1.81 bits per heavy atom. The summed E-state index contributed by atoms with van der Waals surface area (Å²) in [6, 6.07) is 18.9. The summed E-state index contributed by atoms with van der Waals surface area (Å²) in [6.45, 7) is 2.96. The monoisotopic (exact) mass is 432 g/mol. The van der Waals surface area contributed by atoms with Gasteiger partial charge in [-0.25, -0.2) is 0 Å². The molecule has 2 amide bonds. The average Bonchev–Trinajstić information content (AvgIpc) is 3.46. The zero-order valence-electron chi connectivity index (χ0n) is 17.6. The zero-order valence-corrected chi connectivity index (χ0v) is 18.4. The molecule has 0 saturated heterocycles. The molecule has 4 rings (SSSR count). The summed E-state index contributed by atoms with van der Waals surface area (Å²) in [7, 11) is 1.80. The van der Waals surface area contributed by atoms with Gasteiger partial charge < -0.3 is 14.6 Å². The lowest BCUT2D eigenvalue weighted by Crippen LogP contribution is -2.26. The maximum Gasteiger partial charge on any atom is 0.261 e. The van der Waals surface area contributed by atoms with E-state index in [0.29, 0.717) is 23.5 Å². The van der Waals surface area contributed by atoms with Gasteiger partial charge in [0.05, 0.1) is 4.88 Å². The average molecular weight is 433 g/mol. The molecule has 0 fully saturated rings. The lowest BCUT2D eigenvalue weighted by atomic mass is 10.1. The number of thiophene rings is 1. The van der Waals surface area contributed by atoms with E-state index in [0.717, 1.165) is 34.3 Å². The van der Waals surface area contributed by atoms with Crippen molar-refractivity contribution in [1.82, 2.24) is 10.2 Å². The smallest absolute Gasteiger partial charge is 0.261 e. The number of rotatable bonds is 7. The largest absolute Gasteiger partial charge is 0.461 e. The number of carbonyl (C=O) groups excluding carboxylic acids is 2. The van der Waals surface area contributed by atoms with Gasteiger partial charge in [0.25, 0.3) is 11.8 Å². The number of benzene rings is 2. The highest BCUT2D eigenvalue weighted by molar-refractivity contribution is 7.12. The highest BCUT2D eigenvalue weighted by Crippen LogP contribution is 2.27. The van der Waals surface area contributed by atoms with Crippen molar-refractivity contribution in [3.05, 3.63) is 93.4 Å². The number of nitrogens with one attached hydrogen (secondary N) is 1. The number of carbonyl (C=O) groups is 2. The molecule has 0 unspecified atom stereocenters. The minimum Gasteiger partial charge on any atom is -0.461 e.